The van der Waals surface area contributed by atoms with Crippen molar-refractivity contribution in [3.8, 4) is 5.75 Å². The van der Waals surface area contributed by atoms with Crippen molar-refractivity contribution in [3.05, 3.63) is 30.2 Å². The van der Waals surface area contributed by atoms with Crippen molar-refractivity contribution < 1.29 is 13.9 Å². The molecule has 1 aromatic carbocycles. The topological polar surface area (TPSA) is 68.5 Å². The molecule has 23 heavy (non-hydrogen) atoms. The highest BCUT2D eigenvalue weighted by Gasteiger charge is 2.35. The summed E-state index contributed by atoms with van der Waals surface area (Å²) in [5, 5.41) is 8.28. The van der Waals surface area contributed by atoms with Gasteiger partial charge in [-0.25, -0.2) is 0 Å². The van der Waals surface area contributed by atoms with Gasteiger partial charge in [0.1, 0.15) is 5.75 Å². The van der Waals surface area contributed by atoms with Crippen molar-refractivity contribution in [2.45, 2.75) is 36.7 Å². The zero-order valence-corrected chi connectivity index (χ0v) is 14.0. The molecule has 1 fully saturated rings. The molecule has 3 rings (SSSR count). The van der Waals surface area contributed by atoms with Crippen LogP contribution in [0.1, 0.15) is 25.7 Å². The summed E-state index contributed by atoms with van der Waals surface area (Å²) in [4.78, 5) is 14.4. The van der Waals surface area contributed by atoms with Crippen LogP contribution < -0.4 is 9.64 Å². The molecule has 0 spiro atoms. The van der Waals surface area contributed by atoms with Crippen LogP contribution in [0.2, 0.25) is 0 Å². The second-order valence-corrected chi connectivity index (χ2v) is 6.42. The van der Waals surface area contributed by atoms with Gasteiger partial charge in [0.05, 0.1) is 18.0 Å². The molecule has 2 aromatic rings. The Morgan fingerprint density at radius 2 is 2.22 bits per heavy atom. The summed E-state index contributed by atoms with van der Waals surface area (Å²) in [6, 6.07) is 7.55. The van der Waals surface area contributed by atoms with Gasteiger partial charge in [-0.3, -0.25) is 4.79 Å². The number of anilines is 1. The fourth-order valence-corrected chi connectivity index (χ4v) is 3.50. The quantitative estimate of drug-likeness (QED) is 0.809. The second kappa shape index (κ2) is 7.04. The van der Waals surface area contributed by atoms with E-state index in [1.54, 1.807) is 12.0 Å². The molecule has 1 aliphatic rings. The fraction of sp³-hybridized carbons (Fsp3) is 0.438. The Morgan fingerprint density at radius 1 is 1.39 bits per heavy atom. The smallest absolute Gasteiger partial charge is 0.277 e. The number of hydrogen-bond donors (Lipinski definition) is 0. The van der Waals surface area contributed by atoms with Crippen molar-refractivity contribution in [1.29, 1.82) is 0 Å². The normalized spacial score (nSPS) is 17.7. The Balaban J connectivity index is 1.71. The third-order valence-corrected chi connectivity index (χ3v) is 4.78. The lowest BCUT2D eigenvalue weighted by atomic mass is 10.2. The summed E-state index contributed by atoms with van der Waals surface area (Å²) in [5.74, 6) is 1.38. The fourth-order valence-electron chi connectivity index (χ4n) is 2.58. The zero-order valence-electron chi connectivity index (χ0n) is 13.2. The minimum atomic E-state index is -0.199. The van der Waals surface area contributed by atoms with Gasteiger partial charge in [-0.05, 0) is 25.0 Å². The zero-order chi connectivity index (χ0) is 16.2. The summed E-state index contributed by atoms with van der Waals surface area (Å²) >= 11 is 1.35. The van der Waals surface area contributed by atoms with Gasteiger partial charge in [0.15, 0.2) is 0 Å². The van der Waals surface area contributed by atoms with Crippen LogP contribution >= 0.6 is 11.8 Å². The molecule has 1 amide bonds. The van der Waals surface area contributed by atoms with Crippen molar-refractivity contribution in [3.63, 3.8) is 0 Å². The first kappa shape index (κ1) is 15.9. The number of para-hydroxylation sites is 2. The Bertz CT molecular complexity index is 689. The second-order valence-electron chi connectivity index (χ2n) is 5.27. The van der Waals surface area contributed by atoms with E-state index in [4.69, 9.17) is 9.15 Å². The van der Waals surface area contributed by atoms with E-state index in [-0.39, 0.29) is 11.2 Å². The van der Waals surface area contributed by atoms with Crippen LogP contribution in [0.25, 0.3) is 0 Å². The summed E-state index contributed by atoms with van der Waals surface area (Å²) in [6.45, 7) is 2.72. The van der Waals surface area contributed by atoms with Crippen LogP contribution in [-0.4, -0.2) is 35.0 Å². The molecule has 0 unspecified atom stereocenters. The number of aromatic nitrogens is 2. The number of ether oxygens (including phenoxy) is 1. The molecule has 1 aromatic heterocycles. The van der Waals surface area contributed by atoms with E-state index in [0.29, 0.717) is 23.4 Å². The van der Waals surface area contributed by atoms with Crippen molar-refractivity contribution in [1.82, 2.24) is 10.2 Å². The van der Waals surface area contributed by atoms with E-state index < -0.39 is 0 Å². The number of carbonyl (C=O) groups is 1. The maximum atomic E-state index is 12.7. The maximum absolute atomic E-state index is 12.7. The van der Waals surface area contributed by atoms with Crippen LogP contribution in [0.3, 0.4) is 0 Å². The van der Waals surface area contributed by atoms with Gasteiger partial charge in [-0.1, -0.05) is 30.8 Å². The lowest BCUT2D eigenvalue weighted by molar-refractivity contribution is -0.116. The number of hydrogen-bond acceptors (Lipinski definition) is 6. The van der Waals surface area contributed by atoms with Crippen LogP contribution in [0.5, 0.6) is 5.75 Å². The first-order valence-electron chi connectivity index (χ1n) is 7.66. The molecule has 0 bridgehead atoms. The van der Waals surface area contributed by atoms with Gasteiger partial charge in [0.2, 0.25) is 11.8 Å². The van der Waals surface area contributed by atoms with Crippen LogP contribution in [0.15, 0.2) is 33.9 Å². The Hall–Kier alpha value is -2.02. The number of amides is 1. The summed E-state index contributed by atoms with van der Waals surface area (Å²) in [5.41, 5.74) is 0.806. The molecule has 2 heterocycles. The molecule has 0 radical (unpaired) electrons. The van der Waals surface area contributed by atoms with Crippen molar-refractivity contribution >= 4 is 23.4 Å². The molecule has 1 atom stereocenters. The first-order valence-corrected chi connectivity index (χ1v) is 8.54. The van der Waals surface area contributed by atoms with Gasteiger partial charge in [0, 0.05) is 13.0 Å². The Kier molecular flexibility index (Phi) is 4.85. The first-order chi connectivity index (χ1) is 11.2. The Morgan fingerprint density at radius 3 is 3.00 bits per heavy atom. The maximum Gasteiger partial charge on any atom is 0.277 e. The molecule has 1 saturated heterocycles. The van der Waals surface area contributed by atoms with Crippen LogP contribution in [0.4, 0.5) is 5.69 Å². The average molecular weight is 333 g/mol. The summed E-state index contributed by atoms with van der Waals surface area (Å²) in [7, 11) is 1.61. The SMILES string of the molecule is CCCc1nnc(S[C@H]2CCN(c3ccccc3OC)C2=O)o1. The van der Waals surface area contributed by atoms with Crippen LogP contribution in [0, 0.1) is 0 Å². The highest BCUT2D eigenvalue weighted by molar-refractivity contribution is 8.00. The third-order valence-electron chi connectivity index (χ3n) is 3.69. The van der Waals surface area contributed by atoms with E-state index in [2.05, 4.69) is 17.1 Å². The van der Waals surface area contributed by atoms with E-state index in [1.165, 1.54) is 11.8 Å². The predicted octanol–water partition coefficient (Wildman–Crippen LogP) is 2.93. The highest BCUT2D eigenvalue weighted by Crippen LogP contribution is 2.36. The lowest BCUT2D eigenvalue weighted by Gasteiger charge is -2.19. The van der Waals surface area contributed by atoms with Crippen molar-refractivity contribution in [2.24, 2.45) is 0 Å². The van der Waals surface area contributed by atoms with Crippen LogP contribution in [-0.2, 0) is 11.2 Å². The van der Waals surface area contributed by atoms with Gasteiger partial charge in [0.25, 0.3) is 5.22 Å². The minimum Gasteiger partial charge on any atom is -0.495 e. The van der Waals surface area contributed by atoms with Gasteiger partial charge in [-0.15, -0.1) is 10.2 Å². The van der Waals surface area contributed by atoms with E-state index >= 15 is 0 Å². The molecule has 122 valence electrons. The number of carbonyl (C=O) groups excluding carboxylic acids is 1. The van der Waals surface area contributed by atoms with Gasteiger partial charge < -0.3 is 14.1 Å². The number of nitrogens with zero attached hydrogens (tertiary/aromatic N) is 3. The number of thioether (sulfide) groups is 1. The minimum absolute atomic E-state index is 0.0507. The molecule has 7 heteroatoms. The molecular formula is C16H19N3O3S. The summed E-state index contributed by atoms with van der Waals surface area (Å²) in [6.07, 6.45) is 2.46. The van der Waals surface area contributed by atoms with Gasteiger partial charge in [-0.2, -0.15) is 0 Å². The van der Waals surface area contributed by atoms with E-state index in [9.17, 15) is 4.79 Å². The lowest BCUT2D eigenvalue weighted by Crippen LogP contribution is -2.28. The van der Waals surface area contributed by atoms with E-state index in [1.807, 2.05) is 24.3 Å². The number of methoxy groups -OCH3 is 1. The number of aryl methyl sites for hydroxylation is 1. The van der Waals surface area contributed by atoms with E-state index in [0.717, 1.165) is 24.9 Å². The molecule has 0 N–H and O–H groups in total. The Labute approximate surface area is 139 Å². The highest BCUT2D eigenvalue weighted by atomic mass is 32.2. The molecular weight excluding hydrogens is 314 g/mol. The number of benzene rings is 1. The number of rotatable bonds is 6. The largest absolute Gasteiger partial charge is 0.495 e. The molecule has 0 saturated carbocycles. The molecule has 6 nitrogen and oxygen atoms in total. The standard InChI is InChI=1S/C16H19N3O3S/c1-3-6-14-17-18-16(22-14)23-13-9-10-19(15(13)20)11-7-4-5-8-12(11)21-2/h4-5,7-8,13H,3,6,9-10H2,1-2H3/t13-/m0/s1. The van der Waals surface area contributed by atoms with Crippen molar-refractivity contribution in [2.75, 3.05) is 18.6 Å². The predicted molar refractivity (Wildman–Crippen MR) is 87.9 cm³/mol. The third kappa shape index (κ3) is 3.34. The molecule has 0 aliphatic carbocycles. The van der Waals surface area contributed by atoms with Gasteiger partial charge >= 0.3 is 0 Å². The monoisotopic (exact) mass is 333 g/mol. The average Bonchev–Trinajstić information content (AvgIpc) is 3.16. The molecule has 1 aliphatic heterocycles. The summed E-state index contributed by atoms with van der Waals surface area (Å²) < 4.78 is 10.9.